The predicted molar refractivity (Wildman–Crippen MR) is 82.4 cm³/mol. The first-order chi connectivity index (χ1) is 10.3. The SMILES string of the molecule is N#Cc1cccc(CNc2ccc3ccccc3c2)c1F. The fourth-order valence-electron chi connectivity index (χ4n) is 2.30. The molecule has 0 aliphatic rings. The Morgan fingerprint density at radius 3 is 2.57 bits per heavy atom. The molecule has 3 rings (SSSR count). The maximum atomic E-state index is 14.0. The Hall–Kier alpha value is -2.86. The van der Waals surface area contributed by atoms with Crippen molar-refractivity contribution in [2.45, 2.75) is 6.54 Å². The summed E-state index contributed by atoms with van der Waals surface area (Å²) in [6.07, 6.45) is 0. The maximum Gasteiger partial charge on any atom is 0.145 e. The van der Waals surface area contributed by atoms with Gasteiger partial charge < -0.3 is 5.32 Å². The molecule has 0 bridgehead atoms. The second-order valence-electron chi connectivity index (χ2n) is 4.81. The lowest BCUT2D eigenvalue weighted by molar-refractivity contribution is 0.609. The molecule has 0 saturated carbocycles. The molecule has 0 aliphatic carbocycles. The Morgan fingerprint density at radius 2 is 1.76 bits per heavy atom. The van der Waals surface area contributed by atoms with Crippen molar-refractivity contribution in [1.29, 1.82) is 5.26 Å². The van der Waals surface area contributed by atoms with Gasteiger partial charge in [-0.1, -0.05) is 42.5 Å². The Bertz CT molecular complexity index is 834. The second kappa shape index (κ2) is 5.64. The fraction of sp³-hybridized carbons (Fsp3) is 0.0556. The largest absolute Gasteiger partial charge is 0.381 e. The highest BCUT2D eigenvalue weighted by Gasteiger charge is 2.07. The van der Waals surface area contributed by atoms with Crippen molar-refractivity contribution >= 4 is 16.5 Å². The third-order valence-corrected chi connectivity index (χ3v) is 3.43. The Labute approximate surface area is 122 Å². The fourth-order valence-corrected chi connectivity index (χ4v) is 2.30. The first-order valence-corrected chi connectivity index (χ1v) is 6.68. The number of nitrogens with one attached hydrogen (secondary N) is 1. The topological polar surface area (TPSA) is 35.8 Å². The van der Waals surface area contributed by atoms with Gasteiger partial charge in [0.15, 0.2) is 0 Å². The van der Waals surface area contributed by atoms with E-state index in [2.05, 4.69) is 11.4 Å². The van der Waals surface area contributed by atoms with Crippen molar-refractivity contribution in [2.75, 3.05) is 5.32 Å². The molecule has 3 aromatic carbocycles. The van der Waals surface area contributed by atoms with Gasteiger partial charge in [-0.2, -0.15) is 5.26 Å². The number of fused-ring (bicyclic) bond motifs is 1. The first kappa shape index (κ1) is 13.1. The van der Waals surface area contributed by atoms with E-state index >= 15 is 0 Å². The highest BCUT2D eigenvalue weighted by molar-refractivity contribution is 5.85. The number of halogens is 1. The lowest BCUT2D eigenvalue weighted by Crippen LogP contribution is -2.03. The van der Waals surface area contributed by atoms with E-state index in [0.717, 1.165) is 11.1 Å². The summed E-state index contributed by atoms with van der Waals surface area (Å²) in [5, 5.41) is 14.3. The average Bonchev–Trinajstić information content (AvgIpc) is 2.54. The molecule has 0 amide bonds. The van der Waals surface area contributed by atoms with Gasteiger partial charge in [0.1, 0.15) is 11.9 Å². The zero-order valence-corrected chi connectivity index (χ0v) is 11.3. The van der Waals surface area contributed by atoms with Gasteiger partial charge in [-0.15, -0.1) is 0 Å². The summed E-state index contributed by atoms with van der Waals surface area (Å²) < 4.78 is 14.0. The molecule has 3 aromatic rings. The van der Waals surface area contributed by atoms with Crippen LogP contribution >= 0.6 is 0 Å². The molecule has 0 saturated heterocycles. The molecule has 0 unspecified atom stereocenters. The molecule has 0 aliphatic heterocycles. The summed E-state index contributed by atoms with van der Waals surface area (Å²) in [5.74, 6) is -0.451. The molecule has 0 atom stereocenters. The number of rotatable bonds is 3. The van der Waals surface area contributed by atoms with E-state index < -0.39 is 5.82 Å². The molecule has 102 valence electrons. The highest BCUT2D eigenvalue weighted by Crippen LogP contribution is 2.20. The summed E-state index contributed by atoms with van der Waals surface area (Å²) in [4.78, 5) is 0. The maximum absolute atomic E-state index is 14.0. The first-order valence-electron chi connectivity index (χ1n) is 6.68. The van der Waals surface area contributed by atoms with Crippen molar-refractivity contribution in [1.82, 2.24) is 0 Å². The van der Waals surface area contributed by atoms with Crippen LogP contribution in [0.15, 0.2) is 60.7 Å². The van der Waals surface area contributed by atoms with Gasteiger partial charge in [0.2, 0.25) is 0 Å². The van der Waals surface area contributed by atoms with Crippen molar-refractivity contribution in [3.8, 4) is 6.07 Å². The quantitative estimate of drug-likeness (QED) is 0.766. The van der Waals surface area contributed by atoms with Crippen LogP contribution in [-0.4, -0.2) is 0 Å². The predicted octanol–water partition coefficient (Wildman–Crippen LogP) is 4.46. The van der Waals surface area contributed by atoms with Crippen LogP contribution in [0.3, 0.4) is 0 Å². The molecule has 2 nitrogen and oxygen atoms in total. The monoisotopic (exact) mass is 276 g/mol. The van der Waals surface area contributed by atoms with Crippen LogP contribution in [0.1, 0.15) is 11.1 Å². The number of hydrogen-bond donors (Lipinski definition) is 1. The molecule has 0 aromatic heterocycles. The van der Waals surface area contributed by atoms with Crippen LogP contribution in [0.2, 0.25) is 0 Å². The molecule has 21 heavy (non-hydrogen) atoms. The van der Waals surface area contributed by atoms with Crippen LogP contribution in [-0.2, 0) is 6.54 Å². The Kier molecular flexibility index (Phi) is 3.53. The number of nitriles is 1. The van der Waals surface area contributed by atoms with Crippen molar-refractivity contribution in [2.24, 2.45) is 0 Å². The van der Waals surface area contributed by atoms with Gasteiger partial charge in [0, 0.05) is 17.8 Å². The summed E-state index contributed by atoms with van der Waals surface area (Å²) >= 11 is 0. The molecule has 1 N–H and O–H groups in total. The minimum Gasteiger partial charge on any atom is -0.381 e. The van der Waals surface area contributed by atoms with Crippen LogP contribution in [0.5, 0.6) is 0 Å². The van der Waals surface area contributed by atoms with Crippen molar-refractivity contribution < 1.29 is 4.39 Å². The number of hydrogen-bond acceptors (Lipinski definition) is 2. The molecule has 3 heteroatoms. The number of benzene rings is 3. The van der Waals surface area contributed by atoms with Crippen molar-refractivity contribution in [3.05, 3.63) is 77.6 Å². The van der Waals surface area contributed by atoms with E-state index in [9.17, 15) is 4.39 Å². The highest BCUT2D eigenvalue weighted by atomic mass is 19.1. The van der Waals surface area contributed by atoms with Gasteiger partial charge in [-0.25, -0.2) is 4.39 Å². The van der Waals surface area contributed by atoms with Gasteiger partial charge >= 0.3 is 0 Å². The van der Waals surface area contributed by atoms with E-state index in [-0.39, 0.29) is 5.56 Å². The molecular formula is C18H13FN2. The summed E-state index contributed by atoms with van der Waals surface area (Å²) in [6, 6.07) is 20.8. The van der Waals surface area contributed by atoms with Gasteiger partial charge in [0.25, 0.3) is 0 Å². The molecular weight excluding hydrogens is 263 g/mol. The Balaban J connectivity index is 1.82. The van der Waals surface area contributed by atoms with Crippen LogP contribution in [0.25, 0.3) is 10.8 Å². The Morgan fingerprint density at radius 1 is 0.952 bits per heavy atom. The summed E-state index contributed by atoms with van der Waals surface area (Å²) in [5.41, 5.74) is 1.49. The third kappa shape index (κ3) is 2.70. The standard InChI is InChI=1S/C18H13FN2/c19-18-15(11-20)6-3-7-16(18)12-21-17-9-8-13-4-1-2-5-14(13)10-17/h1-10,21H,12H2. The van der Waals surface area contributed by atoms with Gasteiger partial charge in [-0.05, 0) is 29.0 Å². The summed E-state index contributed by atoms with van der Waals surface area (Å²) in [6.45, 7) is 0.347. The normalized spacial score (nSPS) is 10.3. The summed E-state index contributed by atoms with van der Waals surface area (Å²) in [7, 11) is 0. The molecule has 0 spiro atoms. The van der Waals surface area contributed by atoms with E-state index in [0.29, 0.717) is 12.1 Å². The third-order valence-electron chi connectivity index (χ3n) is 3.43. The van der Waals surface area contributed by atoms with Gasteiger partial charge in [-0.3, -0.25) is 0 Å². The van der Waals surface area contributed by atoms with Crippen molar-refractivity contribution in [3.63, 3.8) is 0 Å². The van der Waals surface area contributed by atoms with Crippen LogP contribution in [0, 0.1) is 17.1 Å². The lowest BCUT2D eigenvalue weighted by atomic mass is 10.1. The lowest BCUT2D eigenvalue weighted by Gasteiger charge is -2.09. The van der Waals surface area contributed by atoms with E-state index in [1.54, 1.807) is 12.1 Å². The minimum absolute atomic E-state index is 0.0767. The zero-order valence-electron chi connectivity index (χ0n) is 11.3. The molecule has 0 heterocycles. The number of nitrogens with zero attached hydrogens (tertiary/aromatic N) is 1. The van der Waals surface area contributed by atoms with Crippen LogP contribution in [0.4, 0.5) is 10.1 Å². The van der Waals surface area contributed by atoms with E-state index in [1.165, 1.54) is 11.5 Å². The van der Waals surface area contributed by atoms with Crippen LogP contribution < -0.4 is 5.32 Å². The molecule has 0 radical (unpaired) electrons. The van der Waals surface area contributed by atoms with E-state index in [1.807, 2.05) is 42.5 Å². The zero-order chi connectivity index (χ0) is 14.7. The van der Waals surface area contributed by atoms with E-state index in [4.69, 9.17) is 5.26 Å². The average molecular weight is 276 g/mol. The second-order valence-corrected chi connectivity index (χ2v) is 4.81. The number of anilines is 1. The smallest absolute Gasteiger partial charge is 0.145 e. The molecule has 0 fully saturated rings. The van der Waals surface area contributed by atoms with Gasteiger partial charge in [0.05, 0.1) is 5.56 Å². The minimum atomic E-state index is -0.451.